The molecule has 0 amide bonds. The van der Waals surface area contributed by atoms with Crippen LogP contribution in [0.5, 0.6) is 0 Å². The van der Waals surface area contributed by atoms with E-state index in [1.807, 2.05) is 12.1 Å². The molecule has 0 fully saturated rings. The molecule has 96 valence electrons. The van der Waals surface area contributed by atoms with Gasteiger partial charge in [-0.15, -0.1) is 5.10 Å². The van der Waals surface area contributed by atoms with Crippen LogP contribution in [0.2, 0.25) is 0 Å². The Morgan fingerprint density at radius 2 is 2.15 bits per heavy atom. The van der Waals surface area contributed by atoms with Crippen LogP contribution in [0, 0.1) is 0 Å². The van der Waals surface area contributed by atoms with Crippen molar-refractivity contribution in [3.05, 3.63) is 43.2 Å². The van der Waals surface area contributed by atoms with Crippen molar-refractivity contribution in [2.24, 2.45) is 0 Å². The third-order valence-corrected chi connectivity index (χ3v) is 2.88. The Morgan fingerprint density at radius 3 is 3.05 bits per heavy atom. The highest BCUT2D eigenvalue weighted by Crippen LogP contribution is 2.25. The minimum absolute atomic E-state index is 0.522. The van der Waals surface area contributed by atoms with E-state index in [0.717, 1.165) is 11.1 Å². The van der Waals surface area contributed by atoms with Gasteiger partial charge in [-0.2, -0.15) is 15.3 Å². The van der Waals surface area contributed by atoms with Crippen LogP contribution in [0.3, 0.4) is 0 Å². The van der Waals surface area contributed by atoms with Gasteiger partial charge in [0.1, 0.15) is 17.5 Å². The summed E-state index contributed by atoms with van der Waals surface area (Å²) in [5.41, 5.74) is 3.04. The van der Waals surface area contributed by atoms with Gasteiger partial charge in [-0.05, 0) is 12.1 Å². The van der Waals surface area contributed by atoms with Crippen LogP contribution < -0.4 is 0 Å². The van der Waals surface area contributed by atoms with E-state index in [4.69, 9.17) is 0 Å². The van der Waals surface area contributed by atoms with Gasteiger partial charge in [0.2, 0.25) is 0 Å². The minimum atomic E-state index is 0.522. The second kappa shape index (κ2) is 4.19. The van der Waals surface area contributed by atoms with Crippen molar-refractivity contribution in [1.82, 2.24) is 40.0 Å². The van der Waals surface area contributed by atoms with Crippen LogP contribution in [0.15, 0.2) is 43.2 Å². The van der Waals surface area contributed by atoms with Crippen LogP contribution >= 0.6 is 0 Å². The van der Waals surface area contributed by atoms with Crippen molar-refractivity contribution in [1.29, 1.82) is 0 Å². The van der Waals surface area contributed by atoms with Crippen LogP contribution in [-0.2, 0) is 0 Å². The fourth-order valence-electron chi connectivity index (χ4n) is 1.94. The lowest BCUT2D eigenvalue weighted by molar-refractivity contribution is 0.893. The van der Waals surface area contributed by atoms with Gasteiger partial charge in [-0.1, -0.05) is 0 Å². The van der Waals surface area contributed by atoms with E-state index in [0.29, 0.717) is 17.2 Å². The molecule has 4 aromatic heterocycles. The molecule has 0 spiro atoms. The van der Waals surface area contributed by atoms with Gasteiger partial charge in [-0.25, -0.2) is 14.5 Å². The molecule has 1 N–H and O–H groups in total. The number of nitrogens with one attached hydrogen (secondary N) is 1. The van der Waals surface area contributed by atoms with Gasteiger partial charge in [0.05, 0.1) is 29.8 Å². The summed E-state index contributed by atoms with van der Waals surface area (Å²) in [5.74, 6) is 0.522. The molecule has 20 heavy (non-hydrogen) atoms. The standard InChI is InChI=1S/C12H8N8/c1-2-10(17-15-3-1)9-6-16-18-11(9)12-14-5-8-4-13-7-20(8)19-12/h1-7H,(H,16,18). The fraction of sp³-hybridized carbons (Fsp3) is 0. The Kier molecular flexibility index (Phi) is 2.25. The van der Waals surface area contributed by atoms with E-state index in [9.17, 15) is 0 Å². The molecule has 0 aromatic carbocycles. The number of hydrogen-bond donors (Lipinski definition) is 1. The van der Waals surface area contributed by atoms with E-state index >= 15 is 0 Å². The molecule has 4 aromatic rings. The smallest absolute Gasteiger partial charge is 0.198 e. The molecule has 8 heteroatoms. The van der Waals surface area contributed by atoms with E-state index < -0.39 is 0 Å². The Hall–Kier alpha value is -3.16. The first-order chi connectivity index (χ1) is 9.92. The molecule has 4 heterocycles. The van der Waals surface area contributed by atoms with Gasteiger partial charge in [-0.3, -0.25) is 5.10 Å². The summed E-state index contributed by atoms with van der Waals surface area (Å²) >= 11 is 0. The highest BCUT2D eigenvalue weighted by molar-refractivity contribution is 5.74. The average molecular weight is 264 g/mol. The zero-order chi connectivity index (χ0) is 13.4. The van der Waals surface area contributed by atoms with Gasteiger partial charge < -0.3 is 0 Å². The molecule has 0 aliphatic heterocycles. The molecule has 0 unspecified atom stereocenters. The maximum Gasteiger partial charge on any atom is 0.198 e. The van der Waals surface area contributed by atoms with E-state index in [-0.39, 0.29) is 0 Å². The maximum atomic E-state index is 4.39. The highest BCUT2D eigenvalue weighted by Gasteiger charge is 2.14. The Morgan fingerprint density at radius 1 is 1.15 bits per heavy atom. The largest absolute Gasteiger partial charge is 0.274 e. The zero-order valence-electron chi connectivity index (χ0n) is 10.2. The van der Waals surface area contributed by atoms with Crippen LogP contribution in [0.25, 0.3) is 28.3 Å². The fourth-order valence-corrected chi connectivity index (χ4v) is 1.94. The van der Waals surface area contributed by atoms with E-state index in [1.54, 1.807) is 35.6 Å². The van der Waals surface area contributed by atoms with Crippen molar-refractivity contribution in [3.63, 3.8) is 0 Å². The lowest BCUT2D eigenvalue weighted by atomic mass is 10.1. The number of fused-ring (bicyclic) bond motifs is 1. The lowest BCUT2D eigenvalue weighted by Gasteiger charge is -2.01. The Balaban J connectivity index is 1.88. The minimum Gasteiger partial charge on any atom is -0.274 e. The van der Waals surface area contributed by atoms with Gasteiger partial charge in [0.25, 0.3) is 0 Å². The second-order valence-corrected chi connectivity index (χ2v) is 4.11. The van der Waals surface area contributed by atoms with Crippen molar-refractivity contribution in [2.45, 2.75) is 0 Å². The van der Waals surface area contributed by atoms with Crippen molar-refractivity contribution in [3.8, 4) is 22.8 Å². The van der Waals surface area contributed by atoms with Crippen LogP contribution in [0.4, 0.5) is 0 Å². The first kappa shape index (κ1) is 10.7. The molecule has 0 bridgehead atoms. The maximum absolute atomic E-state index is 4.39. The number of rotatable bonds is 2. The van der Waals surface area contributed by atoms with E-state index in [2.05, 4.69) is 35.5 Å². The second-order valence-electron chi connectivity index (χ2n) is 4.11. The van der Waals surface area contributed by atoms with Crippen LogP contribution in [0.1, 0.15) is 0 Å². The Labute approximate surface area is 112 Å². The number of imidazole rings is 1. The van der Waals surface area contributed by atoms with Crippen molar-refractivity contribution in [2.75, 3.05) is 0 Å². The first-order valence-electron chi connectivity index (χ1n) is 5.89. The summed E-state index contributed by atoms with van der Waals surface area (Å²) < 4.78 is 1.66. The van der Waals surface area contributed by atoms with E-state index in [1.165, 1.54) is 0 Å². The molecular formula is C12H8N8. The summed E-state index contributed by atoms with van der Waals surface area (Å²) in [4.78, 5) is 8.33. The number of H-pyrrole nitrogens is 1. The molecule has 0 saturated heterocycles. The lowest BCUT2D eigenvalue weighted by Crippen LogP contribution is -1.98. The van der Waals surface area contributed by atoms with Gasteiger partial charge in [0.15, 0.2) is 5.82 Å². The number of aromatic nitrogens is 8. The molecule has 0 atom stereocenters. The number of hydrogen-bond acceptors (Lipinski definition) is 6. The molecule has 0 aliphatic rings. The summed E-state index contributed by atoms with van der Waals surface area (Å²) in [6.07, 6.45) is 8.33. The van der Waals surface area contributed by atoms with Gasteiger partial charge >= 0.3 is 0 Å². The van der Waals surface area contributed by atoms with Crippen LogP contribution in [-0.4, -0.2) is 40.0 Å². The summed E-state index contributed by atoms with van der Waals surface area (Å²) in [6.45, 7) is 0. The number of aromatic amines is 1. The van der Waals surface area contributed by atoms with Gasteiger partial charge in [0, 0.05) is 6.20 Å². The highest BCUT2D eigenvalue weighted by atomic mass is 15.3. The summed E-state index contributed by atoms with van der Waals surface area (Å²) in [7, 11) is 0. The molecule has 0 radical (unpaired) electrons. The third kappa shape index (κ3) is 1.62. The summed E-state index contributed by atoms with van der Waals surface area (Å²) in [5, 5.41) is 19.3. The average Bonchev–Trinajstić information content (AvgIpc) is 3.16. The SMILES string of the molecule is c1cnnc(-c2cn[nH]c2-c2ncc3cncn3n2)c1. The van der Waals surface area contributed by atoms with Crippen molar-refractivity contribution < 1.29 is 0 Å². The number of nitrogens with zero attached hydrogens (tertiary/aromatic N) is 7. The molecule has 8 nitrogen and oxygen atoms in total. The molecule has 4 rings (SSSR count). The third-order valence-electron chi connectivity index (χ3n) is 2.88. The normalized spacial score (nSPS) is 11.0. The molecule has 0 saturated carbocycles. The summed E-state index contributed by atoms with van der Waals surface area (Å²) in [6, 6.07) is 3.68. The predicted molar refractivity (Wildman–Crippen MR) is 69.4 cm³/mol. The Bertz CT molecular complexity index is 863. The predicted octanol–water partition coefficient (Wildman–Crippen LogP) is 0.971. The molecular weight excluding hydrogens is 256 g/mol. The monoisotopic (exact) mass is 264 g/mol. The first-order valence-corrected chi connectivity index (χ1v) is 5.89. The zero-order valence-corrected chi connectivity index (χ0v) is 10.2. The quantitative estimate of drug-likeness (QED) is 0.579. The van der Waals surface area contributed by atoms with Crippen molar-refractivity contribution >= 4 is 5.52 Å². The molecule has 0 aliphatic carbocycles. The topological polar surface area (TPSA) is 97.5 Å².